The first-order chi connectivity index (χ1) is 28.8. The summed E-state index contributed by atoms with van der Waals surface area (Å²) in [5.41, 5.74) is 1.37. The average Bonchev–Trinajstić information content (AvgIpc) is 3.66. The second-order valence-corrected chi connectivity index (χ2v) is 14.9. The van der Waals surface area contributed by atoms with E-state index in [1.54, 1.807) is 22.9 Å². The van der Waals surface area contributed by atoms with Gasteiger partial charge in [-0.15, -0.1) is 6.42 Å². The number of carbonyl (C=O) groups excluding carboxylic acids is 2. The number of fused-ring (bicyclic) bond motifs is 1. The number of carbonyl (C=O) groups is 2. The smallest absolute Gasteiger partial charge is 0.416 e. The van der Waals surface area contributed by atoms with Crippen molar-refractivity contribution in [1.29, 1.82) is 0 Å². The number of rotatable bonds is 12. The lowest BCUT2D eigenvalue weighted by molar-refractivity contribution is -0.137. The maximum Gasteiger partial charge on any atom is 0.416 e. The molecule has 308 valence electrons. The van der Waals surface area contributed by atoms with Gasteiger partial charge >= 0.3 is 12.2 Å². The third kappa shape index (κ3) is 9.91. The quantitative estimate of drug-likeness (QED) is 0.105. The molecule has 7 rings (SSSR count). The van der Waals surface area contributed by atoms with E-state index in [-0.39, 0.29) is 35.8 Å². The molecule has 0 unspecified atom stereocenters. The molecule has 0 saturated carbocycles. The molecule has 4 aromatic carbocycles. The number of anilines is 2. The van der Waals surface area contributed by atoms with Crippen LogP contribution in [0.4, 0.5) is 29.5 Å². The minimum Gasteiger partial charge on any atom is -0.438 e. The molecule has 0 spiro atoms. The fourth-order valence-corrected chi connectivity index (χ4v) is 6.63. The van der Waals surface area contributed by atoms with E-state index in [4.69, 9.17) is 21.0 Å². The van der Waals surface area contributed by atoms with E-state index in [1.165, 1.54) is 18.3 Å². The molecule has 0 atom stereocenters. The molecule has 3 amide bonds. The Labute approximate surface area is 345 Å². The molecule has 1 fully saturated rings. The van der Waals surface area contributed by atoms with E-state index in [2.05, 4.69) is 36.7 Å². The number of aromatic nitrogens is 4. The first-order valence-corrected chi connectivity index (χ1v) is 19.3. The van der Waals surface area contributed by atoms with Gasteiger partial charge in [0.25, 0.3) is 5.91 Å². The first-order valence-electron chi connectivity index (χ1n) is 19.3. The maximum absolute atomic E-state index is 14.0. The zero-order valence-electron chi connectivity index (χ0n) is 33.3. The third-order valence-corrected chi connectivity index (χ3v) is 10.0. The largest absolute Gasteiger partial charge is 0.438 e. The molecular weight excluding hydrogens is 774 g/mol. The van der Waals surface area contributed by atoms with Gasteiger partial charge in [0.2, 0.25) is 5.88 Å². The van der Waals surface area contributed by atoms with Gasteiger partial charge in [-0.25, -0.2) is 14.5 Å². The van der Waals surface area contributed by atoms with Crippen LogP contribution in [0.3, 0.4) is 0 Å². The van der Waals surface area contributed by atoms with Crippen molar-refractivity contribution in [2.24, 2.45) is 0 Å². The summed E-state index contributed by atoms with van der Waals surface area (Å²) in [6, 6.07) is 24.4. The van der Waals surface area contributed by atoms with E-state index in [0.717, 1.165) is 36.5 Å². The van der Waals surface area contributed by atoms with E-state index in [9.17, 15) is 22.8 Å². The lowest BCUT2D eigenvalue weighted by Crippen LogP contribution is -2.41. The predicted molar refractivity (Wildman–Crippen MR) is 223 cm³/mol. The number of hydrogen-bond donors (Lipinski definition) is 3. The first kappa shape index (κ1) is 41.4. The van der Waals surface area contributed by atoms with Crippen molar-refractivity contribution in [2.75, 3.05) is 50.0 Å². The van der Waals surface area contributed by atoms with Crippen molar-refractivity contribution in [3.8, 4) is 29.7 Å². The van der Waals surface area contributed by atoms with Gasteiger partial charge in [0.05, 0.1) is 41.3 Å². The van der Waals surface area contributed by atoms with Crippen molar-refractivity contribution in [1.82, 2.24) is 30.0 Å². The molecule has 3 heterocycles. The Balaban J connectivity index is 1.07. The predicted octanol–water partition coefficient (Wildman–Crippen LogP) is 8.14. The van der Waals surface area contributed by atoms with Crippen LogP contribution >= 0.6 is 0 Å². The number of benzene rings is 4. The van der Waals surface area contributed by atoms with Crippen LogP contribution in [0.25, 0.3) is 16.5 Å². The second kappa shape index (κ2) is 17.6. The lowest BCUT2D eigenvalue weighted by atomic mass is 9.91. The summed E-state index contributed by atoms with van der Waals surface area (Å²) in [6.07, 6.45) is 2.48. The second-order valence-electron chi connectivity index (χ2n) is 14.9. The highest BCUT2D eigenvalue weighted by atomic mass is 19.4. The van der Waals surface area contributed by atoms with Crippen LogP contribution in [0.5, 0.6) is 11.6 Å². The molecule has 1 aliphatic heterocycles. The number of halogens is 3. The normalized spacial score (nSPS) is 13.4. The Morgan fingerprint density at radius 2 is 1.68 bits per heavy atom. The number of nitrogens with one attached hydrogen (secondary N) is 3. The Bertz CT molecular complexity index is 2560. The summed E-state index contributed by atoms with van der Waals surface area (Å²) in [5, 5.41) is 14.6. The summed E-state index contributed by atoms with van der Waals surface area (Å²) in [7, 11) is 0. The number of ether oxygens (including phenoxy) is 2. The number of morpholine rings is 1. The van der Waals surface area contributed by atoms with Crippen molar-refractivity contribution in [2.45, 2.75) is 38.8 Å². The Morgan fingerprint density at radius 1 is 0.933 bits per heavy atom. The number of amides is 3. The highest BCUT2D eigenvalue weighted by molar-refractivity contribution is 6.07. The van der Waals surface area contributed by atoms with Gasteiger partial charge in [-0.1, -0.05) is 47.9 Å². The van der Waals surface area contributed by atoms with Gasteiger partial charge in [0.1, 0.15) is 17.4 Å². The van der Waals surface area contributed by atoms with Gasteiger partial charge in [0.15, 0.2) is 0 Å². The monoisotopic (exact) mass is 816 g/mol. The SMILES string of the molecule is C#CC(C)(C)c1cc(NC(=O)Nc2ccc(Oc3ccnc(Cc4cc(C(=O)NCCN5CCOCC5)cc(C(F)(F)F)c4)n3)c3ccccc23)n(-c2ccc(C)cc2)n1. The molecule has 0 radical (unpaired) electrons. The fourth-order valence-electron chi connectivity index (χ4n) is 6.63. The van der Waals surface area contributed by atoms with Crippen LogP contribution in [0.15, 0.2) is 97.2 Å². The minimum atomic E-state index is -4.68. The molecular formula is C45H43F3N8O4. The highest BCUT2D eigenvalue weighted by Gasteiger charge is 2.32. The van der Waals surface area contributed by atoms with Gasteiger partial charge < -0.3 is 20.1 Å². The molecule has 60 heavy (non-hydrogen) atoms. The van der Waals surface area contributed by atoms with Gasteiger partial charge in [-0.2, -0.15) is 23.3 Å². The van der Waals surface area contributed by atoms with Crippen molar-refractivity contribution in [3.05, 3.63) is 131 Å². The van der Waals surface area contributed by atoms with Gasteiger partial charge in [0, 0.05) is 67.3 Å². The van der Waals surface area contributed by atoms with Crippen LogP contribution in [0.2, 0.25) is 0 Å². The number of alkyl halides is 3. The summed E-state index contributed by atoms with van der Waals surface area (Å²) in [4.78, 5) is 37.4. The average molecular weight is 817 g/mol. The topological polar surface area (TPSA) is 136 Å². The molecule has 0 bridgehead atoms. The Morgan fingerprint density at radius 3 is 2.42 bits per heavy atom. The fraction of sp³-hybridized carbons (Fsp3) is 0.267. The van der Waals surface area contributed by atoms with E-state index >= 15 is 0 Å². The summed E-state index contributed by atoms with van der Waals surface area (Å²) < 4.78 is 55.1. The van der Waals surface area contributed by atoms with Crippen LogP contribution in [-0.2, 0) is 22.7 Å². The Hall–Kier alpha value is -6.76. The number of urea groups is 1. The van der Waals surface area contributed by atoms with Gasteiger partial charge in [-0.05, 0) is 68.8 Å². The lowest BCUT2D eigenvalue weighted by Gasteiger charge is -2.26. The van der Waals surface area contributed by atoms with Crippen molar-refractivity contribution >= 4 is 34.2 Å². The minimum absolute atomic E-state index is 0.0988. The molecule has 1 saturated heterocycles. The highest BCUT2D eigenvalue weighted by Crippen LogP contribution is 2.35. The van der Waals surface area contributed by atoms with E-state index in [1.807, 2.05) is 69.3 Å². The maximum atomic E-state index is 14.0. The molecule has 1 aliphatic rings. The standard InChI is InChI=1S/C45H43F3N8O4/c1-5-44(3,4)38-28-40(56(54-38)33-12-10-29(2)11-13-33)53-43(58)51-36-14-15-37(35-9-7-6-8-34(35)36)60-41-16-17-49-39(52-41)26-30-24-31(27-32(25-30)45(46,47)48)42(57)50-18-19-55-20-22-59-23-21-55/h1,6-17,24-25,27-28H,18-23,26H2,2-4H3,(H,50,57)(H2,51,53,58). The summed E-state index contributed by atoms with van der Waals surface area (Å²) >= 11 is 0. The van der Waals surface area contributed by atoms with Crippen LogP contribution in [0, 0.1) is 19.3 Å². The molecule has 0 aliphatic carbocycles. The van der Waals surface area contributed by atoms with Crippen LogP contribution in [-0.4, -0.2) is 76.0 Å². The van der Waals surface area contributed by atoms with Crippen LogP contribution < -0.4 is 20.7 Å². The number of aryl methyl sites for hydroxylation is 1. The van der Waals surface area contributed by atoms with Crippen LogP contribution in [0.1, 0.15) is 52.4 Å². The van der Waals surface area contributed by atoms with Crippen molar-refractivity contribution < 1.29 is 32.2 Å². The summed E-state index contributed by atoms with van der Waals surface area (Å²) in [6.45, 7) is 9.21. The van der Waals surface area contributed by atoms with Gasteiger partial charge in [-0.3, -0.25) is 15.0 Å². The Kier molecular flexibility index (Phi) is 12.2. The van der Waals surface area contributed by atoms with E-state index < -0.39 is 29.1 Å². The molecule has 6 aromatic rings. The zero-order chi connectivity index (χ0) is 42.4. The number of terminal acetylenes is 1. The number of nitrogens with zero attached hydrogens (tertiary/aromatic N) is 5. The molecule has 3 N–H and O–H groups in total. The molecule has 2 aromatic heterocycles. The molecule has 15 heteroatoms. The third-order valence-electron chi connectivity index (χ3n) is 10.0. The summed E-state index contributed by atoms with van der Waals surface area (Å²) in [5.74, 6) is 3.31. The number of hydrogen-bond acceptors (Lipinski definition) is 8. The van der Waals surface area contributed by atoms with E-state index in [0.29, 0.717) is 53.5 Å². The van der Waals surface area contributed by atoms with Crippen molar-refractivity contribution in [3.63, 3.8) is 0 Å². The zero-order valence-corrected chi connectivity index (χ0v) is 33.3. The molecule has 12 nitrogen and oxygen atoms in total.